The van der Waals surface area contributed by atoms with E-state index in [1.165, 1.54) is 12.8 Å². The summed E-state index contributed by atoms with van der Waals surface area (Å²) >= 11 is 0. The van der Waals surface area contributed by atoms with Crippen molar-refractivity contribution in [2.45, 2.75) is 66.2 Å². The average molecular weight is 252 g/mol. The molecule has 4 heteroatoms. The summed E-state index contributed by atoms with van der Waals surface area (Å²) in [5.74, 6) is 11.0. The second-order valence-electron chi connectivity index (χ2n) is 6.98. The minimum absolute atomic E-state index is 0.324. The Morgan fingerprint density at radius 1 is 0.722 bits per heavy atom. The lowest BCUT2D eigenvalue weighted by atomic mass is 9.73. The molecule has 0 aromatic rings. The Kier molecular flexibility index (Phi) is 4.77. The summed E-state index contributed by atoms with van der Waals surface area (Å²) in [6.07, 6.45) is 6.40. The van der Waals surface area contributed by atoms with Gasteiger partial charge in [-0.3, -0.25) is 0 Å². The van der Waals surface area contributed by atoms with Gasteiger partial charge in [-0.1, -0.05) is 27.7 Å². The third-order valence-electron chi connectivity index (χ3n) is 4.20. The van der Waals surface area contributed by atoms with Gasteiger partial charge in [-0.2, -0.15) is 10.2 Å². The molecular weight excluding hydrogens is 224 g/mol. The van der Waals surface area contributed by atoms with E-state index in [0.717, 1.165) is 37.1 Å². The molecule has 0 unspecified atom stereocenters. The maximum Gasteiger partial charge on any atom is 0.0832 e. The Labute approximate surface area is 111 Å². The molecule has 1 aliphatic rings. The molecule has 0 aliphatic heterocycles. The number of rotatable bonds is 0. The molecule has 18 heavy (non-hydrogen) atoms. The van der Waals surface area contributed by atoms with E-state index >= 15 is 0 Å². The van der Waals surface area contributed by atoms with Crippen molar-refractivity contribution in [3.63, 3.8) is 0 Å². The van der Waals surface area contributed by atoms with E-state index in [-0.39, 0.29) is 0 Å². The topological polar surface area (TPSA) is 76.8 Å². The molecule has 1 saturated carbocycles. The predicted molar refractivity (Wildman–Crippen MR) is 78.5 cm³/mol. The van der Waals surface area contributed by atoms with Crippen molar-refractivity contribution < 1.29 is 0 Å². The lowest BCUT2D eigenvalue weighted by molar-refractivity contribution is 0.220. The third-order valence-corrected chi connectivity index (χ3v) is 4.20. The minimum atomic E-state index is 0.324. The lowest BCUT2D eigenvalue weighted by Crippen LogP contribution is -2.27. The molecule has 0 radical (unpaired) electrons. The fourth-order valence-electron chi connectivity index (χ4n) is 2.41. The first kappa shape index (κ1) is 15.0. The molecule has 0 heterocycles. The van der Waals surface area contributed by atoms with E-state index < -0.39 is 0 Å². The lowest BCUT2D eigenvalue weighted by Gasteiger charge is -2.33. The van der Waals surface area contributed by atoms with Crippen LogP contribution in [0.5, 0.6) is 0 Å². The van der Waals surface area contributed by atoms with E-state index in [1.54, 1.807) is 0 Å². The first-order valence-electron chi connectivity index (χ1n) is 6.83. The Bertz CT molecular complexity index is 306. The van der Waals surface area contributed by atoms with Gasteiger partial charge in [0, 0.05) is 0 Å². The fraction of sp³-hybridized carbons (Fsp3) is 0.857. The second-order valence-corrected chi connectivity index (χ2v) is 6.98. The Hall–Kier alpha value is -1.06. The van der Waals surface area contributed by atoms with Crippen LogP contribution in [0.25, 0.3) is 0 Å². The van der Waals surface area contributed by atoms with Crippen LogP contribution in [-0.4, -0.2) is 11.4 Å². The highest BCUT2D eigenvalue weighted by molar-refractivity contribution is 6.42. The zero-order valence-electron chi connectivity index (χ0n) is 12.3. The van der Waals surface area contributed by atoms with Crippen molar-refractivity contribution in [2.24, 2.45) is 32.7 Å². The van der Waals surface area contributed by atoms with Crippen LogP contribution >= 0.6 is 0 Å². The molecule has 4 nitrogen and oxygen atoms in total. The monoisotopic (exact) mass is 252 g/mol. The third kappa shape index (κ3) is 4.31. The molecule has 0 spiro atoms. The molecule has 0 bridgehead atoms. The van der Waals surface area contributed by atoms with Crippen LogP contribution in [0.3, 0.4) is 0 Å². The van der Waals surface area contributed by atoms with Crippen molar-refractivity contribution in [3.05, 3.63) is 0 Å². The molecule has 1 rings (SSSR count). The Balaban J connectivity index is 2.92. The van der Waals surface area contributed by atoms with E-state index in [9.17, 15) is 0 Å². The highest BCUT2D eigenvalue weighted by Gasteiger charge is 2.28. The van der Waals surface area contributed by atoms with Crippen molar-refractivity contribution in [1.29, 1.82) is 0 Å². The summed E-state index contributed by atoms with van der Waals surface area (Å²) in [6, 6.07) is 0. The number of nitrogens with two attached hydrogens (primary N) is 2. The van der Waals surface area contributed by atoms with Crippen LogP contribution in [-0.2, 0) is 0 Å². The van der Waals surface area contributed by atoms with Gasteiger partial charge in [0.1, 0.15) is 0 Å². The van der Waals surface area contributed by atoms with Crippen LogP contribution in [0.15, 0.2) is 10.2 Å². The fourth-order valence-corrected chi connectivity index (χ4v) is 2.41. The molecule has 104 valence electrons. The second kappa shape index (κ2) is 5.72. The van der Waals surface area contributed by atoms with Gasteiger partial charge in [0.15, 0.2) is 0 Å². The van der Waals surface area contributed by atoms with Gasteiger partial charge in [-0.05, 0) is 49.4 Å². The molecule has 0 atom stereocenters. The van der Waals surface area contributed by atoms with Gasteiger partial charge in [0.05, 0.1) is 11.4 Å². The highest BCUT2D eigenvalue weighted by Crippen LogP contribution is 2.37. The summed E-state index contributed by atoms with van der Waals surface area (Å²) in [5, 5.41) is 7.79. The van der Waals surface area contributed by atoms with E-state index in [4.69, 9.17) is 11.7 Å². The summed E-state index contributed by atoms with van der Waals surface area (Å²) < 4.78 is 0. The van der Waals surface area contributed by atoms with Crippen LogP contribution in [0.1, 0.15) is 66.2 Å². The molecular formula is C14H28N4. The van der Waals surface area contributed by atoms with Gasteiger partial charge < -0.3 is 11.7 Å². The molecule has 0 saturated heterocycles. The molecule has 1 aliphatic carbocycles. The van der Waals surface area contributed by atoms with Gasteiger partial charge in [-0.25, -0.2) is 0 Å². The average Bonchev–Trinajstić information content (AvgIpc) is 2.30. The predicted octanol–water partition coefficient (Wildman–Crippen LogP) is 3.02. The number of hydrogen-bond acceptors (Lipinski definition) is 4. The van der Waals surface area contributed by atoms with Gasteiger partial charge in [0.25, 0.3) is 0 Å². The number of nitrogens with zero attached hydrogens (tertiary/aromatic N) is 2. The van der Waals surface area contributed by atoms with Gasteiger partial charge >= 0.3 is 0 Å². The van der Waals surface area contributed by atoms with Crippen molar-refractivity contribution in [3.8, 4) is 0 Å². The summed E-state index contributed by atoms with van der Waals surface area (Å²) in [7, 11) is 0. The van der Waals surface area contributed by atoms with E-state index in [2.05, 4.69) is 37.9 Å². The van der Waals surface area contributed by atoms with Crippen molar-refractivity contribution in [1.82, 2.24) is 0 Å². The highest BCUT2D eigenvalue weighted by atomic mass is 15.2. The first-order chi connectivity index (χ1) is 8.29. The van der Waals surface area contributed by atoms with Crippen LogP contribution in [0.2, 0.25) is 0 Å². The van der Waals surface area contributed by atoms with E-state index in [0.29, 0.717) is 10.8 Å². The quantitative estimate of drug-likeness (QED) is 0.513. The zero-order valence-corrected chi connectivity index (χ0v) is 12.3. The molecule has 0 aromatic heterocycles. The summed E-state index contributed by atoms with van der Waals surface area (Å²) in [6.45, 7) is 9.27. The summed E-state index contributed by atoms with van der Waals surface area (Å²) in [4.78, 5) is 0. The molecule has 4 N–H and O–H groups in total. The largest absolute Gasteiger partial charge is 0.323 e. The minimum Gasteiger partial charge on any atom is -0.323 e. The maximum atomic E-state index is 5.49. The first-order valence-corrected chi connectivity index (χ1v) is 6.83. The van der Waals surface area contributed by atoms with Crippen molar-refractivity contribution >= 4 is 11.4 Å². The molecule has 1 fully saturated rings. The Morgan fingerprint density at radius 2 is 1.06 bits per heavy atom. The number of hydrogen-bond donors (Lipinski definition) is 2. The normalized spacial score (nSPS) is 29.3. The van der Waals surface area contributed by atoms with E-state index in [1.807, 2.05) is 0 Å². The maximum absolute atomic E-state index is 5.49. The number of hydrazone groups is 2. The van der Waals surface area contributed by atoms with Crippen LogP contribution in [0.4, 0.5) is 0 Å². The molecule has 0 aromatic carbocycles. The molecule has 0 amide bonds. The SMILES string of the molecule is CC1(C)CCC(=N/N)/C(=N\N)CCC(C)(C)CC1. The smallest absolute Gasteiger partial charge is 0.0832 e. The zero-order chi connectivity index (χ0) is 13.8. The van der Waals surface area contributed by atoms with Gasteiger partial charge in [-0.15, -0.1) is 0 Å². The van der Waals surface area contributed by atoms with Crippen LogP contribution in [0, 0.1) is 10.8 Å². The standard InChI is InChI=1S/C14H28N4/c1-13(2)7-5-11(17-15)12(18-16)6-8-14(3,4)10-9-13/h5-10,15-16H2,1-4H3/b17-11-,18-12-. The van der Waals surface area contributed by atoms with Crippen LogP contribution < -0.4 is 11.7 Å². The van der Waals surface area contributed by atoms with Gasteiger partial charge in [0.2, 0.25) is 0 Å². The van der Waals surface area contributed by atoms with Crippen molar-refractivity contribution in [2.75, 3.05) is 0 Å². The summed E-state index contributed by atoms with van der Waals surface area (Å²) in [5.41, 5.74) is 2.40. The Morgan fingerprint density at radius 3 is 1.33 bits per heavy atom.